The smallest absolute Gasteiger partial charge is 0.153 e. The predicted molar refractivity (Wildman–Crippen MR) is 61.5 cm³/mol. The molecule has 0 radical (unpaired) electrons. The van der Waals surface area contributed by atoms with Crippen LogP contribution in [0, 0.1) is 6.92 Å². The third-order valence-corrected chi connectivity index (χ3v) is 2.53. The molecule has 0 spiro atoms. The predicted octanol–water partition coefficient (Wildman–Crippen LogP) is 3.64. The lowest BCUT2D eigenvalue weighted by Crippen LogP contribution is -1.90. The van der Waals surface area contributed by atoms with Crippen molar-refractivity contribution >= 4 is 22.7 Å². The van der Waals surface area contributed by atoms with Crippen molar-refractivity contribution in [3.63, 3.8) is 0 Å². The molecule has 2 heterocycles. The fraction of sp³-hybridized carbons (Fsp3) is 0.300. The van der Waals surface area contributed by atoms with Crippen molar-refractivity contribution < 1.29 is 4.42 Å². The number of halogens is 1. The van der Waals surface area contributed by atoms with Gasteiger partial charge in [-0.15, -0.1) is 0 Å². The quantitative estimate of drug-likeness (QED) is 0.353. The molecule has 0 saturated carbocycles. The summed E-state index contributed by atoms with van der Waals surface area (Å²) in [6.07, 6.45) is 0.607. The van der Waals surface area contributed by atoms with E-state index in [1.807, 2.05) is 6.92 Å². The van der Waals surface area contributed by atoms with Gasteiger partial charge in [0.25, 0.3) is 0 Å². The minimum Gasteiger partial charge on any atom is -0.459 e. The molecule has 0 atom stereocenters. The first-order valence-electron chi connectivity index (χ1n) is 4.77. The molecule has 0 aliphatic carbocycles. The van der Waals surface area contributed by atoms with Crippen LogP contribution in [0.3, 0.4) is 0 Å². The summed E-state index contributed by atoms with van der Waals surface area (Å²) in [5.41, 5.74) is 10.6. The van der Waals surface area contributed by atoms with E-state index in [4.69, 9.17) is 21.5 Å². The number of aryl methyl sites for hydroxylation is 1. The normalized spacial score (nSPS) is 10.4. The van der Waals surface area contributed by atoms with E-state index in [0.717, 1.165) is 16.8 Å². The van der Waals surface area contributed by atoms with Gasteiger partial charge < -0.3 is 4.42 Å². The summed E-state index contributed by atoms with van der Waals surface area (Å²) < 4.78 is 5.53. The van der Waals surface area contributed by atoms with Crippen LogP contribution in [0.5, 0.6) is 0 Å². The summed E-state index contributed by atoms with van der Waals surface area (Å²) in [6, 6.07) is 3.47. The van der Waals surface area contributed by atoms with E-state index in [2.05, 4.69) is 15.0 Å². The second-order valence-corrected chi connectivity index (χ2v) is 3.71. The van der Waals surface area contributed by atoms with Crippen LogP contribution >= 0.6 is 11.6 Å². The molecule has 0 aliphatic heterocycles. The third-order valence-electron chi connectivity index (χ3n) is 2.32. The number of azide groups is 1. The zero-order valence-corrected chi connectivity index (χ0v) is 9.40. The van der Waals surface area contributed by atoms with Gasteiger partial charge in [-0.3, -0.25) is 0 Å². The van der Waals surface area contributed by atoms with Gasteiger partial charge in [-0.1, -0.05) is 16.7 Å². The average Bonchev–Trinajstić information content (AvgIpc) is 2.56. The number of pyridine rings is 1. The Morgan fingerprint density at radius 2 is 2.38 bits per heavy atom. The fourth-order valence-electron chi connectivity index (χ4n) is 1.62. The van der Waals surface area contributed by atoms with Crippen molar-refractivity contribution in [3.05, 3.63) is 39.1 Å². The highest BCUT2D eigenvalue weighted by Crippen LogP contribution is 2.25. The van der Waals surface area contributed by atoms with Crippen LogP contribution in [0.1, 0.15) is 11.3 Å². The molecular formula is C10H9ClN4O. The Morgan fingerprint density at radius 3 is 3.12 bits per heavy atom. The second kappa shape index (κ2) is 4.43. The third kappa shape index (κ3) is 1.96. The highest BCUT2D eigenvalue weighted by atomic mass is 35.5. The van der Waals surface area contributed by atoms with E-state index in [-0.39, 0.29) is 0 Å². The zero-order valence-electron chi connectivity index (χ0n) is 8.64. The molecule has 2 rings (SSSR count). The Kier molecular flexibility index (Phi) is 2.99. The Bertz CT molecular complexity index is 571. The van der Waals surface area contributed by atoms with Crippen LogP contribution in [0.25, 0.3) is 21.5 Å². The maximum absolute atomic E-state index is 8.22. The molecule has 0 saturated heterocycles. The molecule has 0 aromatic carbocycles. The number of hydrogen-bond acceptors (Lipinski definition) is 3. The van der Waals surface area contributed by atoms with Gasteiger partial charge >= 0.3 is 0 Å². The lowest BCUT2D eigenvalue weighted by Gasteiger charge is -1.95. The summed E-state index contributed by atoms with van der Waals surface area (Å²) >= 11 is 5.83. The van der Waals surface area contributed by atoms with E-state index in [9.17, 15) is 0 Å². The number of aromatic nitrogens is 1. The molecule has 16 heavy (non-hydrogen) atoms. The average molecular weight is 237 g/mol. The standard InChI is InChI=1S/C10H9ClN4O/c1-6-7(4-5-13-15-12)10-8(16-6)2-3-9(11)14-10/h2-3H,4-5H2,1H3. The van der Waals surface area contributed by atoms with Crippen molar-refractivity contribution in [2.45, 2.75) is 13.3 Å². The lowest BCUT2D eigenvalue weighted by atomic mass is 10.1. The van der Waals surface area contributed by atoms with E-state index < -0.39 is 0 Å². The lowest BCUT2D eigenvalue weighted by molar-refractivity contribution is 0.571. The number of rotatable bonds is 3. The molecule has 0 N–H and O–H groups in total. The topological polar surface area (TPSA) is 74.8 Å². The van der Waals surface area contributed by atoms with Gasteiger partial charge in [-0.25, -0.2) is 4.98 Å². The SMILES string of the molecule is Cc1oc2ccc(Cl)nc2c1CCN=[N+]=[N-]. The van der Waals surface area contributed by atoms with Crippen LogP contribution < -0.4 is 0 Å². The molecule has 2 aromatic heterocycles. The van der Waals surface area contributed by atoms with Gasteiger partial charge in [-0.2, -0.15) is 0 Å². The van der Waals surface area contributed by atoms with Gasteiger partial charge in [0.05, 0.1) is 0 Å². The van der Waals surface area contributed by atoms with Crippen molar-refractivity contribution in [1.82, 2.24) is 4.98 Å². The van der Waals surface area contributed by atoms with Crippen LogP contribution in [-0.4, -0.2) is 11.5 Å². The largest absolute Gasteiger partial charge is 0.459 e. The van der Waals surface area contributed by atoms with Gasteiger partial charge in [-0.05, 0) is 31.0 Å². The van der Waals surface area contributed by atoms with Gasteiger partial charge in [0.2, 0.25) is 0 Å². The van der Waals surface area contributed by atoms with Gasteiger partial charge in [0.15, 0.2) is 5.58 Å². The summed E-state index contributed by atoms with van der Waals surface area (Å²) in [4.78, 5) is 6.92. The highest BCUT2D eigenvalue weighted by Gasteiger charge is 2.11. The molecule has 0 amide bonds. The number of fused-ring (bicyclic) bond motifs is 1. The minimum absolute atomic E-state index is 0.389. The molecule has 0 aliphatic rings. The van der Waals surface area contributed by atoms with E-state index >= 15 is 0 Å². The Balaban J connectivity index is 2.45. The zero-order chi connectivity index (χ0) is 11.5. The number of nitrogens with zero attached hydrogens (tertiary/aromatic N) is 4. The first-order valence-corrected chi connectivity index (χ1v) is 5.15. The van der Waals surface area contributed by atoms with Crippen LogP contribution in [0.2, 0.25) is 5.15 Å². The van der Waals surface area contributed by atoms with Gasteiger partial charge in [0.1, 0.15) is 16.4 Å². The van der Waals surface area contributed by atoms with E-state index in [1.165, 1.54) is 0 Å². The van der Waals surface area contributed by atoms with E-state index in [0.29, 0.717) is 23.7 Å². The van der Waals surface area contributed by atoms with Crippen molar-refractivity contribution in [2.24, 2.45) is 5.11 Å². The molecule has 0 bridgehead atoms. The molecular weight excluding hydrogens is 228 g/mol. The number of hydrogen-bond donors (Lipinski definition) is 0. The fourth-order valence-corrected chi connectivity index (χ4v) is 1.76. The summed E-state index contributed by atoms with van der Waals surface area (Å²) in [5.74, 6) is 0.790. The molecule has 6 heteroatoms. The maximum atomic E-state index is 8.22. The van der Waals surface area contributed by atoms with Crippen molar-refractivity contribution in [1.29, 1.82) is 0 Å². The Labute approximate surface area is 96.7 Å². The number of furan rings is 1. The van der Waals surface area contributed by atoms with Crippen LogP contribution in [-0.2, 0) is 6.42 Å². The molecule has 0 fully saturated rings. The highest BCUT2D eigenvalue weighted by molar-refractivity contribution is 6.29. The van der Waals surface area contributed by atoms with Crippen molar-refractivity contribution in [2.75, 3.05) is 6.54 Å². The molecule has 0 unspecified atom stereocenters. The molecule has 2 aromatic rings. The van der Waals surface area contributed by atoms with Crippen LogP contribution in [0.4, 0.5) is 0 Å². The monoisotopic (exact) mass is 236 g/mol. The Hall–Kier alpha value is -1.71. The van der Waals surface area contributed by atoms with Crippen LogP contribution in [0.15, 0.2) is 21.7 Å². The Morgan fingerprint density at radius 1 is 1.56 bits per heavy atom. The molecule has 82 valence electrons. The molecule has 5 nitrogen and oxygen atoms in total. The summed E-state index contributed by atoms with van der Waals surface area (Å²) in [7, 11) is 0. The minimum atomic E-state index is 0.389. The summed E-state index contributed by atoms with van der Waals surface area (Å²) in [6.45, 7) is 2.25. The first kappa shape index (κ1) is 10.8. The van der Waals surface area contributed by atoms with Crippen molar-refractivity contribution in [3.8, 4) is 0 Å². The summed E-state index contributed by atoms with van der Waals surface area (Å²) in [5, 5.41) is 3.92. The van der Waals surface area contributed by atoms with Gasteiger partial charge in [0, 0.05) is 17.0 Å². The second-order valence-electron chi connectivity index (χ2n) is 3.32. The van der Waals surface area contributed by atoms with E-state index in [1.54, 1.807) is 12.1 Å². The first-order chi connectivity index (χ1) is 7.72. The maximum Gasteiger partial charge on any atom is 0.153 e.